The van der Waals surface area contributed by atoms with E-state index in [9.17, 15) is 4.21 Å². The van der Waals surface area contributed by atoms with Gasteiger partial charge in [0.1, 0.15) is 0 Å². The second-order valence-electron chi connectivity index (χ2n) is 1.71. The lowest BCUT2D eigenvalue weighted by atomic mass is 10.5. The summed E-state index contributed by atoms with van der Waals surface area (Å²) in [5.74, 6) is 0. The smallest absolute Gasteiger partial charge is 0.258 e. The van der Waals surface area contributed by atoms with Crippen molar-refractivity contribution in [2.45, 2.75) is 20.3 Å². The second-order valence-corrected chi connectivity index (χ2v) is 2.58. The van der Waals surface area contributed by atoms with Crippen LogP contribution in [-0.2, 0) is 16.1 Å². The predicted octanol–water partition coefficient (Wildman–Crippen LogP) is 0.787. The first-order chi connectivity index (χ1) is 4.72. The van der Waals surface area contributed by atoms with Gasteiger partial charge in [-0.3, -0.25) is 9.39 Å². The minimum atomic E-state index is -1.99. The van der Waals surface area contributed by atoms with E-state index < -0.39 is 11.3 Å². The van der Waals surface area contributed by atoms with Gasteiger partial charge in [-0.05, 0) is 13.3 Å². The third-order valence-electron chi connectivity index (χ3n) is 0.872. The van der Waals surface area contributed by atoms with Gasteiger partial charge >= 0.3 is 0 Å². The van der Waals surface area contributed by atoms with Crippen LogP contribution in [0.25, 0.3) is 0 Å². The molecule has 0 heterocycles. The molecule has 0 rings (SSSR count). The van der Waals surface area contributed by atoms with Gasteiger partial charge < -0.3 is 0 Å². The van der Waals surface area contributed by atoms with Crippen molar-refractivity contribution in [3.8, 4) is 0 Å². The first kappa shape index (κ1) is 10.0. The minimum absolute atomic E-state index is 0.420. The van der Waals surface area contributed by atoms with Crippen LogP contribution >= 0.6 is 0 Å². The molecule has 0 aliphatic heterocycles. The molecule has 0 aliphatic carbocycles. The Balaban J connectivity index is 3.50. The largest absolute Gasteiger partial charge is 0.292 e. The predicted molar refractivity (Wildman–Crippen MR) is 39.4 cm³/mol. The fraction of sp³-hybridized carbons (Fsp3) is 1.00. The molecule has 0 fully saturated rings. The Morgan fingerprint density at radius 2 is 2.20 bits per heavy atom. The highest BCUT2D eigenvalue weighted by Gasteiger charge is 2.06. The maximum Gasteiger partial charge on any atom is 0.258 e. The Morgan fingerprint density at radius 1 is 1.60 bits per heavy atom. The number of hydrogen-bond acceptors (Lipinski definition) is 2. The zero-order chi connectivity index (χ0) is 7.98. The van der Waals surface area contributed by atoms with Crippen LogP contribution in [0.4, 0.5) is 0 Å². The molecule has 1 atom stereocenters. The van der Waals surface area contributed by atoms with Crippen LogP contribution in [-0.4, -0.2) is 26.4 Å². The van der Waals surface area contributed by atoms with E-state index in [4.69, 9.17) is 9.39 Å². The van der Waals surface area contributed by atoms with Gasteiger partial charge in [0.2, 0.25) is 0 Å². The van der Waals surface area contributed by atoms with Gasteiger partial charge in [-0.1, -0.05) is 11.4 Å². The van der Waals surface area contributed by atoms with Gasteiger partial charge in [0.25, 0.3) is 11.3 Å². The van der Waals surface area contributed by atoms with Gasteiger partial charge in [-0.15, -0.1) is 0 Å². The van der Waals surface area contributed by atoms with Crippen LogP contribution in [0.15, 0.2) is 0 Å². The van der Waals surface area contributed by atoms with Crippen LogP contribution in [0, 0.1) is 0 Å². The molecule has 0 saturated carbocycles. The second kappa shape index (κ2) is 5.79. The quantitative estimate of drug-likeness (QED) is 0.486. The molecule has 0 amide bonds. The number of nitrogens with zero attached hydrogens (tertiary/aromatic N) is 1. The molecule has 0 bridgehead atoms. The molecule has 0 saturated heterocycles. The highest BCUT2D eigenvalue weighted by Crippen LogP contribution is 1.93. The van der Waals surface area contributed by atoms with Gasteiger partial charge in [0, 0.05) is 6.54 Å². The van der Waals surface area contributed by atoms with Crippen molar-refractivity contribution in [2.24, 2.45) is 0 Å². The maximum absolute atomic E-state index is 10.3. The summed E-state index contributed by atoms with van der Waals surface area (Å²) in [6.07, 6.45) is 0.841. The molecule has 0 aromatic carbocycles. The summed E-state index contributed by atoms with van der Waals surface area (Å²) >= 11 is -1.99. The van der Waals surface area contributed by atoms with Crippen LogP contribution in [0.2, 0.25) is 0 Å². The monoisotopic (exact) mass is 167 g/mol. The van der Waals surface area contributed by atoms with Crippen molar-refractivity contribution in [1.82, 2.24) is 4.47 Å². The van der Waals surface area contributed by atoms with Crippen LogP contribution in [0.5, 0.6) is 0 Å². The molecule has 5 heteroatoms. The highest BCUT2D eigenvalue weighted by atomic mass is 32.2. The van der Waals surface area contributed by atoms with Crippen molar-refractivity contribution in [3.63, 3.8) is 0 Å². The van der Waals surface area contributed by atoms with Crippen molar-refractivity contribution >= 4 is 11.3 Å². The van der Waals surface area contributed by atoms with E-state index in [-0.39, 0.29) is 0 Å². The van der Waals surface area contributed by atoms with E-state index in [1.54, 1.807) is 6.92 Å². The van der Waals surface area contributed by atoms with Gasteiger partial charge in [0.15, 0.2) is 0 Å². The average Bonchev–Trinajstić information content (AvgIpc) is 1.89. The molecule has 10 heavy (non-hydrogen) atoms. The maximum atomic E-state index is 10.3. The molecule has 1 unspecified atom stereocenters. The average molecular weight is 167 g/mol. The number of hydroxylamine groups is 1. The molecular weight excluding hydrogens is 154 g/mol. The van der Waals surface area contributed by atoms with Crippen molar-refractivity contribution in [3.05, 3.63) is 0 Å². The third-order valence-corrected chi connectivity index (χ3v) is 1.58. The van der Waals surface area contributed by atoms with E-state index in [0.29, 0.717) is 13.2 Å². The Labute approximate surface area is 63.5 Å². The summed E-state index contributed by atoms with van der Waals surface area (Å²) in [5.41, 5.74) is 0. The first-order valence-electron chi connectivity index (χ1n) is 3.23. The zero-order valence-electron chi connectivity index (χ0n) is 6.24. The van der Waals surface area contributed by atoms with E-state index >= 15 is 0 Å². The van der Waals surface area contributed by atoms with Gasteiger partial charge in [-0.2, -0.15) is 0 Å². The van der Waals surface area contributed by atoms with Crippen molar-refractivity contribution in [1.29, 1.82) is 0 Å². The van der Waals surface area contributed by atoms with Gasteiger partial charge in [0.05, 0.1) is 6.61 Å². The van der Waals surface area contributed by atoms with E-state index in [0.717, 1.165) is 10.9 Å². The first-order valence-corrected chi connectivity index (χ1v) is 4.30. The Kier molecular flexibility index (Phi) is 5.81. The topological polar surface area (TPSA) is 49.8 Å². The lowest BCUT2D eigenvalue weighted by Crippen LogP contribution is -2.25. The van der Waals surface area contributed by atoms with E-state index in [1.165, 1.54) is 0 Å². The van der Waals surface area contributed by atoms with E-state index in [1.807, 2.05) is 6.92 Å². The summed E-state index contributed by atoms with van der Waals surface area (Å²) in [7, 11) is 0. The molecule has 62 valence electrons. The summed E-state index contributed by atoms with van der Waals surface area (Å²) in [6.45, 7) is 4.60. The molecule has 0 aromatic heterocycles. The standard InChI is InChI=1S/C5H13NO3S/c1-3-5-9-6(4-2)10(7)8/h3-5H2,1-2H3,(H,7,8). The third kappa shape index (κ3) is 3.94. The molecule has 4 nitrogen and oxygen atoms in total. The van der Waals surface area contributed by atoms with Crippen LogP contribution < -0.4 is 0 Å². The summed E-state index contributed by atoms with van der Waals surface area (Å²) in [5, 5.41) is 0. The normalized spacial score (nSPS) is 14.0. The van der Waals surface area contributed by atoms with Crippen molar-refractivity contribution < 1.29 is 13.6 Å². The van der Waals surface area contributed by atoms with E-state index in [2.05, 4.69) is 0 Å². The SMILES string of the molecule is CCCON(CC)S(=O)O. The van der Waals surface area contributed by atoms with Crippen molar-refractivity contribution in [2.75, 3.05) is 13.2 Å². The summed E-state index contributed by atoms with van der Waals surface area (Å²) in [6, 6.07) is 0. The Morgan fingerprint density at radius 3 is 2.50 bits per heavy atom. The summed E-state index contributed by atoms with van der Waals surface area (Å²) < 4.78 is 19.9. The Bertz CT molecular complexity index is 109. The Hall–Kier alpha value is 0.0300. The zero-order valence-corrected chi connectivity index (χ0v) is 7.06. The highest BCUT2D eigenvalue weighted by molar-refractivity contribution is 7.76. The lowest BCUT2D eigenvalue weighted by Gasteiger charge is -2.13. The fourth-order valence-electron chi connectivity index (χ4n) is 0.440. The van der Waals surface area contributed by atoms with Gasteiger partial charge in [-0.25, -0.2) is 4.21 Å². The molecule has 0 spiro atoms. The summed E-state index contributed by atoms with van der Waals surface area (Å²) in [4.78, 5) is 4.89. The molecule has 1 N–H and O–H groups in total. The molecule has 0 aromatic rings. The lowest BCUT2D eigenvalue weighted by molar-refractivity contribution is -0.0813. The molecule has 0 radical (unpaired) electrons. The minimum Gasteiger partial charge on any atom is -0.292 e. The van der Waals surface area contributed by atoms with Crippen LogP contribution in [0.3, 0.4) is 0 Å². The molecular formula is C5H13NO3S. The van der Waals surface area contributed by atoms with Crippen LogP contribution in [0.1, 0.15) is 20.3 Å². The number of hydrogen-bond donors (Lipinski definition) is 1. The molecule has 0 aliphatic rings. The number of rotatable bonds is 5. The fourth-order valence-corrected chi connectivity index (χ4v) is 0.826.